The van der Waals surface area contributed by atoms with Gasteiger partial charge < -0.3 is 4.90 Å². The van der Waals surface area contributed by atoms with Gasteiger partial charge in [0, 0.05) is 13.1 Å². The Morgan fingerprint density at radius 2 is 1.94 bits per heavy atom. The van der Waals surface area contributed by atoms with Crippen molar-refractivity contribution in [2.75, 3.05) is 13.1 Å². The maximum Gasteiger partial charge on any atom is 0.231 e. The first-order chi connectivity index (χ1) is 8.03. The van der Waals surface area contributed by atoms with Crippen molar-refractivity contribution in [3.05, 3.63) is 0 Å². The lowest BCUT2D eigenvalue weighted by Crippen LogP contribution is -2.43. The van der Waals surface area contributed by atoms with Gasteiger partial charge in [0.1, 0.15) is 4.33 Å². The molecule has 0 aliphatic heterocycles. The summed E-state index contributed by atoms with van der Waals surface area (Å²) in [6.07, 6.45) is 0.810. The van der Waals surface area contributed by atoms with Gasteiger partial charge in [0.25, 0.3) is 0 Å². The topological polar surface area (TPSA) is 44.1 Å². The number of nitrogens with zero attached hydrogens (tertiary/aromatic N) is 2. The van der Waals surface area contributed by atoms with Gasteiger partial charge in [-0.15, -0.1) is 23.2 Å². The Morgan fingerprint density at radius 1 is 1.44 bits per heavy atom. The molecule has 1 atom stereocenters. The van der Waals surface area contributed by atoms with Crippen LogP contribution in [0.25, 0.3) is 0 Å². The van der Waals surface area contributed by atoms with E-state index in [-0.39, 0.29) is 11.3 Å². The Bertz CT molecular complexity index is 381. The molecule has 0 unspecified atom stereocenters. The van der Waals surface area contributed by atoms with E-state index in [1.807, 2.05) is 0 Å². The van der Waals surface area contributed by atoms with E-state index in [4.69, 9.17) is 28.5 Å². The van der Waals surface area contributed by atoms with Crippen LogP contribution in [0.15, 0.2) is 0 Å². The molecule has 0 heterocycles. The minimum atomic E-state index is -0.952. The van der Waals surface area contributed by atoms with E-state index in [2.05, 4.69) is 26.8 Å². The number of alkyl halides is 2. The highest BCUT2D eigenvalue weighted by Crippen LogP contribution is 2.64. The van der Waals surface area contributed by atoms with Gasteiger partial charge in [-0.25, -0.2) is 0 Å². The van der Waals surface area contributed by atoms with Gasteiger partial charge >= 0.3 is 0 Å². The number of carbonyl (C=O) groups excluding carboxylic acids is 1. The Labute approximate surface area is 119 Å². The molecule has 0 aromatic heterocycles. The van der Waals surface area contributed by atoms with Crippen LogP contribution in [0, 0.1) is 22.2 Å². The Hall–Kier alpha value is -0.460. The third kappa shape index (κ3) is 3.30. The van der Waals surface area contributed by atoms with Gasteiger partial charge in [0.15, 0.2) is 0 Å². The lowest BCUT2D eigenvalue weighted by molar-refractivity contribution is -0.137. The Kier molecular flexibility index (Phi) is 4.25. The molecule has 0 aromatic rings. The van der Waals surface area contributed by atoms with Crippen molar-refractivity contribution in [2.45, 2.75) is 44.9 Å². The summed E-state index contributed by atoms with van der Waals surface area (Å²) in [4.78, 5) is 14.2. The Balaban J connectivity index is 2.78. The zero-order chi connectivity index (χ0) is 14.2. The van der Waals surface area contributed by atoms with Crippen molar-refractivity contribution < 1.29 is 4.79 Å². The van der Waals surface area contributed by atoms with Crippen LogP contribution in [0.2, 0.25) is 0 Å². The Morgan fingerprint density at radius 3 is 2.28 bits per heavy atom. The largest absolute Gasteiger partial charge is 0.341 e. The molecule has 0 spiro atoms. The number of hydrogen-bond donors (Lipinski definition) is 0. The molecular formula is C13H20Cl2N2O. The van der Waals surface area contributed by atoms with Crippen molar-refractivity contribution in [3.63, 3.8) is 0 Å². The van der Waals surface area contributed by atoms with Crippen molar-refractivity contribution >= 4 is 29.1 Å². The summed E-state index contributed by atoms with van der Waals surface area (Å²) >= 11 is 12.1. The predicted octanol–water partition coefficient (Wildman–Crippen LogP) is 3.36. The molecule has 1 fully saturated rings. The van der Waals surface area contributed by atoms with Gasteiger partial charge in [-0.1, -0.05) is 20.8 Å². The van der Waals surface area contributed by atoms with Crippen LogP contribution in [-0.2, 0) is 4.79 Å². The van der Waals surface area contributed by atoms with Gasteiger partial charge in [-0.3, -0.25) is 4.79 Å². The summed E-state index contributed by atoms with van der Waals surface area (Å²) in [6, 6.07) is 2.07. The first kappa shape index (κ1) is 15.6. The molecule has 0 N–H and O–H groups in total. The third-order valence-electron chi connectivity index (χ3n) is 3.18. The van der Waals surface area contributed by atoms with Crippen LogP contribution in [-0.4, -0.2) is 28.2 Å². The highest BCUT2D eigenvalue weighted by molar-refractivity contribution is 6.53. The molecule has 5 heteroatoms. The lowest BCUT2D eigenvalue weighted by Gasteiger charge is -2.32. The molecule has 0 saturated heterocycles. The number of amides is 1. The molecule has 1 aliphatic carbocycles. The number of rotatable bonds is 4. The summed E-state index contributed by atoms with van der Waals surface area (Å²) in [7, 11) is 0. The first-order valence-electron chi connectivity index (χ1n) is 6.08. The van der Waals surface area contributed by atoms with Crippen LogP contribution in [0.3, 0.4) is 0 Å². The summed E-state index contributed by atoms with van der Waals surface area (Å²) in [6.45, 7) is 9.01. The van der Waals surface area contributed by atoms with Gasteiger partial charge in [-0.05, 0) is 18.8 Å². The fourth-order valence-electron chi connectivity index (χ4n) is 1.99. The van der Waals surface area contributed by atoms with Crippen LogP contribution in [0.1, 0.15) is 40.5 Å². The first-order valence-corrected chi connectivity index (χ1v) is 6.83. The molecule has 0 aromatic carbocycles. The van der Waals surface area contributed by atoms with Gasteiger partial charge in [0.2, 0.25) is 5.91 Å². The lowest BCUT2D eigenvalue weighted by atomic mass is 9.95. The zero-order valence-corrected chi connectivity index (χ0v) is 12.9. The quantitative estimate of drug-likeness (QED) is 0.745. The van der Waals surface area contributed by atoms with Crippen LogP contribution >= 0.6 is 23.2 Å². The van der Waals surface area contributed by atoms with E-state index >= 15 is 0 Å². The minimum absolute atomic E-state index is 0.0162. The van der Waals surface area contributed by atoms with E-state index < -0.39 is 9.75 Å². The van der Waals surface area contributed by atoms with E-state index in [0.29, 0.717) is 25.9 Å². The molecule has 1 saturated carbocycles. The highest BCUT2D eigenvalue weighted by Gasteiger charge is 2.68. The van der Waals surface area contributed by atoms with Gasteiger partial charge in [-0.2, -0.15) is 5.26 Å². The second-order valence-corrected chi connectivity index (χ2v) is 7.89. The molecule has 102 valence electrons. The molecule has 0 bridgehead atoms. The van der Waals surface area contributed by atoms with E-state index in [9.17, 15) is 4.79 Å². The van der Waals surface area contributed by atoms with E-state index in [1.165, 1.54) is 0 Å². The SMILES string of the molecule is CC(C)(C)CN(CCC#N)C(=O)[C@@]1(C)CC1(Cl)Cl. The van der Waals surface area contributed by atoms with Gasteiger partial charge in [0.05, 0.1) is 17.9 Å². The number of carbonyl (C=O) groups is 1. The third-order valence-corrected chi connectivity index (χ3v) is 4.28. The summed E-state index contributed by atoms with van der Waals surface area (Å²) in [5.74, 6) is -0.0438. The number of nitriles is 1. The fraction of sp³-hybridized carbons (Fsp3) is 0.846. The monoisotopic (exact) mass is 290 g/mol. The molecule has 0 radical (unpaired) electrons. The number of hydrogen-bond acceptors (Lipinski definition) is 2. The van der Waals surface area contributed by atoms with Crippen LogP contribution in [0.5, 0.6) is 0 Å². The molecule has 1 aliphatic rings. The fourth-order valence-corrected chi connectivity index (χ4v) is 2.69. The van der Waals surface area contributed by atoms with Crippen LogP contribution in [0.4, 0.5) is 0 Å². The molecule has 1 rings (SSSR count). The summed E-state index contributed by atoms with van der Waals surface area (Å²) in [5, 5.41) is 8.68. The standard InChI is InChI=1S/C13H20Cl2N2O/c1-11(2,3)9-17(7-5-6-16)10(18)12(4)8-13(12,14)15/h5,7-9H2,1-4H3/t12-/m1/s1. The second-order valence-electron chi connectivity index (χ2n) is 6.41. The zero-order valence-electron chi connectivity index (χ0n) is 11.4. The second kappa shape index (κ2) is 4.90. The molecular weight excluding hydrogens is 271 g/mol. The maximum absolute atomic E-state index is 12.5. The molecule has 18 heavy (non-hydrogen) atoms. The van der Waals surface area contributed by atoms with Crippen molar-refractivity contribution in [1.82, 2.24) is 4.90 Å². The summed E-state index contributed by atoms with van der Waals surface area (Å²) in [5.41, 5.74) is -0.714. The normalized spacial score (nSPS) is 25.4. The van der Waals surface area contributed by atoms with E-state index in [0.717, 1.165) is 0 Å². The number of halogens is 2. The average molecular weight is 291 g/mol. The van der Waals surface area contributed by atoms with Crippen molar-refractivity contribution in [3.8, 4) is 6.07 Å². The summed E-state index contributed by atoms with van der Waals surface area (Å²) < 4.78 is -0.952. The minimum Gasteiger partial charge on any atom is -0.341 e. The molecule has 3 nitrogen and oxygen atoms in total. The average Bonchev–Trinajstić information content (AvgIpc) is 2.71. The van der Waals surface area contributed by atoms with Crippen molar-refractivity contribution in [2.24, 2.45) is 10.8 Å². The smallest absolute Gasteiger partial charge is 0.231 e. The van der Waals surface area contributed by atoms with E-state index in [1.54, 1.807) is 11.8 Å². The highest BCUT2D eigenvalue weighted by atomic mass is 35.5. The molecule has 1 amide bonds. The predicted molar refractivity (Wildman–Crippen MR) is 73.4 cm³/mol. The maximum atomic E-state index is 12.5. The van der Waals surface area contributed by atoms with Crippen LogP contribution < -0.4 is 0 Å². The van der Waals surface area contributed by atoms with Crippen molar-refractivity contribution in [1.29, 1.82) is 5.26 Å².